The summed E-state index contributed by atoms with van der Waals surface area (Å²) in [6.45, 7) is 3.80. The predicted molar refractivity (Wildman–Crippen MR) is 67.1 cm³/mol. The Morgan fingerprint density at radius 1 is 1.00 bits per heavy atom. The summed E-state index contributed by atoms with van der Waals surface area (Å²) >= 11 is 0. The standard InChI is InChI=1S/C9H12NO.C5H5.Fe/c1-2-4-9(3-1)10-5-7-11-8-6-10;1-2-4-5-3-1;/h1-4H,5-8H2;1-5H;/q2*-1;+2. The monoisotopic (exact) mass is 271 g/mol. The van der Waals surface area contributed by atoms with Gasteiger partial charge in [-0.2, -0.15) is 30.3 Å². The number of hydrogen-bond acceptors (Lipinski definition) is 2. The van der Waals surface area contributed by atoms with Crippen LogP contribution >= 0.6 is 0 Å². The molecule has 0 radical (unpaired) electrons. The van der Waals surface area contributed by atoms with E-state index in [0.717, 1.165) is 26.3 Å². The van der Waals surface area contributed by atoms with Crippen molar-refractivity contribution in [1.29, 1.82) is 0 Å². The number of hydrogen-bond donors (Lipinski definition) is 0. The van der Waals surface area contributed by atoms with Crippen molar-refractivity contribution in [3.63, 3.8) is 0 Å². The van der Waals surface area contributed by atoms with E-state index in [1.807, 2.05) is 30.3 Å². The Kier molecular flexibility index (Phi) is 6.71. The summed E-state index contributed by atoms with van der Waals surface area (Å²) in [5.74, 6) is 0. The molecule has 0 unspecified atom stereocenters. The Hall–Kier alpha value is -1.02. The van der Waals surface area contributed by atoms with Crippen molar-refractivity contribution < 1.29 is 21.8 Å². The van der Waals surface area contributed by atoms with Crippen LogP contribution in [-0.2, 0) is 21.8 Å². The Morgan fingerprint density at radius 2 is 1.71 bits per heavy atom. The Labute approximate surface area is 113 Å². The Bertz CT molecular complexity index is 332. The smallest absolute Gasteiger partial charge is 0.390 e. The van der Waals surface area contributed by atoms with Crippen molar-refractivity contribution >= 4 is 5.69 Å². The number of nitrogens with zero attached hydrogens (tertiary/aromatic N) is 1. The molecule has 1 aliphatic heterocycles. The fourth-order valence-electron chi connectivity index (χ4n) is 1.72. The second kappa shape index (κ2) is 8.13. The SMILES string of the molecule is [Fe+2].c1c[cH-]c(N2CCOCC2)c1.c1cc[cH-]c1. The first-order chi connectivity index (χ1) is 7.97. The van der Waals surface area contributed by atoms with Gasteiger partial charge in [0.2, 0.25) is 0 Å². The van der Waals surface area contributed by atoms with Gasteiger partial charge in [-0.15, -0.1) is 6.07 Å². The minimum Gasteiger partial charge on any atom is -0.390 e. The molecule has 2 nitrogen and oxygen atoms in total. The molecule has 92 valence electrons. The zero-order chi connectivity index (χ0) is 11.1. The van der Waals surface area contributed by atoms with E-state index in [1.54, 1.807) is 0 Å². The summed E-state index contributed by atoms with van der Waals surface area (Å²) in [4.78, 5) is 2.35. The second-order valence-corrected chi connectivity index (χ2v) is 3.70. The molecule has 0 bridgehead atoms. The van der Waals surface area contributed by atoms with Crippen molar-refractivity contribution in [2.24, 2.45) is 0 Å². The fourth-order valence-corrected chi connectivity index (χ4v) is 1.72. The van der Waals surface area contributed by atoms with E-state index >= 15 is 0 Å². The zero-order valence-corrected chi connectivity index (χ0v) is 10.8. The molecular formula is C14H17FeNO. The van der Waals surface area contributed by atoms with Crippen LogP contribution in [-0.4, -0.2) is 26.3 Å². The van der Waals surface area contributed by atoms with Crippen LogP contribution in [0.4, 0.5) is 5.69 Å². The van der Waals surface area contributed by atoms with Crippen LogP contribution in [0.2, 0.25) is 0 Å². The molecule has 1 fully saturated rings. The molecule has 3 rings (SSSR count). The maximum absolute atomic E-state index is 5.26. The van der Waals surface area contributed by atoms with Gasteiger partial charge < -0.3 is 9.64 Å². The number of morpholine rings is 1. The summed E-state index contributed by atoms with van der Waals surface area (Å²) in [7, 11) is 0. The molecule has 17 heavy (non-hydrogen) atoms. The molecule has 0 N–H and O–H groups in total. The number of rotatable bonds is 1. The first-order valence-corrected chi connectivity index (χ1v) is 5.68. The van der Waals surface area contributed by atoms with Crippen LogP contribution in [0, 0.1) is 0 Å². The molecule has 1 saturated heterocycles. The van der Waals surface area contributed by atoms with Gasteiger partial charge in [-0.25, -0.2) is 18.2 Å². The first kappa shape index (κ1) is 14.0. The fraction of sp³-hybridized carbons (Fsp3) is 0.286. The van der Waals surface area contributed by atoms with E-state index in [9.17, 15) is 0 Å². The molecule has 0 saturated carbocycles. The molecule has 1 heterocycles. The second-order valence-electron chi connectivity index (χ2n) is 3.70. The van der Waals surface area contributed by atoms with Gasteiger partial charge in [0.25, 0.3) is 0 Å². The van der Waals surface area contributed by atoms with Crippen LogP contribution < -0.4 is 4.90 Å². The first-order valence-electron chi connectivity index (χ1n) is 5.68. The van der Waals surface area contributed by atoms with Gasteiger partial charge in [0.05, 0.1) is 13.2 Å². The van der Waals surface area contributed by atoms with Gasteiger partial charge in [0.15, 0.2) is 0 Å². The van der Waals surface area contributed by atoms with E-state index in [1.165, 1.54) is 5.69 Å². The maximum Gasteiger partial charge on any atom is 2.00 e. The Balaban J connectivity index is 0.000000205. The molecular weight excluding hydrogens is 254 g/mol. The summed E-state index contributed by atoms with van der Waals surface area (Å²) < 4.78 is 5.26. The van der Waals surface area contributed by atoms with Gasteiger partial charge in [-0.05, 0) is 0 Å². The van der Waals surface area contributed by atoms with Crippen molar-refractivity contribution in [2.45, 2.75) is 0 Å². The van der Waals surface area contributed by atoms with Gasteiger partial charge >= 0.3 is 17.1 Å². The zero-order valence-electron chi connectivity index (χ0n) is 9.73. The summed E-state index contributed by atoms with van der Waals surface area (Å²) in [6.07, 6.45) is 0. The molecule has 0 aromatic heterocycles. The van der Waals surface area contributed by atoms with E-state index in [4.69, 9.17) is 4.74 Å². The van der Waals surface area contributed by atoms with Crippen molar-refractivity contribution in [3.05, 3.63) is 54.6 Å². The number of ether oxygens (including phenoxy) is 1. The molecule has 1 aliphatic rings. The maximum atomic E-state index is 5.26. The number of anilines is 1. The topological polar surface area (TPSA) is 12.5 Å². The Morgan fingerprint density at radius 3 is 2.18 bits per heavy atom. The normalized spacial score (nSPS) is 14.5. The van der Waals surface area contributed by atoms with E-state index in [0.29, 0.717) is 0 Å². The summed E-state index contributed by atoms with van der Waals surface area (Å²) in [6, 6.07) is 18.4. The third kappa shape index (κ3) is 4.78. The van der Waals surface area contributed by atoms with Gasteiger partial charge in [0, 0.05) is 13.1 Å². The van der Waals surface area contributed by atoms with Crippen LogP contribution in [0.5, 0.6) is 0 Å². The van der Waals surface area contributed by atoms with E-state index in [-0.39, 0.29) is 17.1 Å². The van der Waals surface area contributed by atoms with E-state index < -0.39 is 0 Å². The molecule has 0 aliphatic carbocycles. The van der Waals surface area contributed by atoms with Crippen LogP contribution in [0.3, 0.4) is 0 Å². The quantitative estimate of drug-likeness (QED) is 0.584. The van der Waals surface area contributed by atoms with Gasteiger partial charge in [-0.1, -0.05) is 5.69 Å². The third-order valence-electron chi connectivity index (χ3n) is 2.58. The third-order valence-corrected chi connectivity index (χ3v) is 2.58. The largest absolute Gasteiger partial charge is 2.00 e. The average molecular weight is 271 g/mol. The molecule has 2 aromatic rings. The predicted octanol–water partition coefficient (Wildman–Crippen LogP) is 2.65. The van der Waals surface area contributed by atoms with Gasteiger partial charge in [0.1, 0.15) is 0 Å². The van der Waals surface area contributed by atoms with Crippen molar-refractivity contribution in [3.8, 4) is 0 Å². The van der Waals surface area contributed by atoms with Gasteiger partial charge in [-0.3, -0.25) is 0 Å². The molecule has 0 spiro atoms. The van der Waals surface area contributed by atoms with Crippen LogP contribution in [0.15, 0.2) is 54.6 Å². The average Bonchev–Trinajstić information content (AvgIpc) is 3.07. The summed E-state index contributed by atoms with van der Waals surface area (Å²) in [5, 5.41) is 0. The van der Waals surface area contributed by atoms with Crippen LogP contribution in [0.25, 0.3) is 0 Å². The molecule has 0 amide bonds. The van der Waals surface area contributed by atoms with Crippen molar-refractivity contribution in [1.82, 2.24) is 0 Å². The molecule has 3 heteroatoms. The van der Waals surface area contributed by atoms with Crippen molar-refractivity contribution in [2.75, 3.05) is 31.2 Å². The molecule has 2 aromatic carbocycles. The molecule has 0 atom stereocenters. The minimum atomic E-state index is 0. The van der Waals surface area contributed by atoms with E-state index in [2.05, 4.69) is 29.2 Å². The van der Waals surface area contributed by atoms with Crippen LogP contribution in [0.1, 0.15) is 0 Å². The summed E-state index contributed by atoms with van der Waals surface area (Å²) in [5.41, 5.74) is 1.33. The minimum absolute atomic E-state index is 0.